The zero-order chi connectivity index (χ0) is 15.2. The molecule has 106 valence electrons. The molecule has 0 unspecified atom stereocenters. The fourth-order valence-corrected chi connectivity index (χ4v) is 1.54. The summed E-state index contributed by atoms with van der Waals surface area (Å²) in [6.07, 6.45) is 1.33. The Morgan fingerprint density at radius 3 is 2.57 bits per heavy atom. The lowest BCUT2D eigenvalue weighted by molar-refractivity contribution is -0.384. The lowest BCUT2D eigenvalue weighted by atomic mass is 10.2. The molecule has 0 heterocycles. The molecule has 2 aromatic rings. The maximum absolute atomic E-state index is 12.9. The monoisotopic (exact) mass is 287 g/mol. The summed E-state index contributed by atoms with van der Waals surface area (Å²) in [4.78, 5) is 21.6. The van der Waals surface area contributed by atoms with Gasteiger partial charge in [-0.1, -0.05) is 6.07 Å². The van der Waals surface area contributed by atoms with E-state index in [4.69, 9.17) is 0 Å². The van der Waals surface area contributed by atoms with E-state index in [1.54, 1.807) is 0 Å². The van der Waals surface area contributed by atoms with Crippen LogP contribution in [0, 0.1) is 15.9 Å². The van der Waals surface area contributed by atoms with E-state index in [1.165, 1.54) is 48.7 Å². The first-order valence-corrected chi connectivity index (χ1v) is 5.90. The van der Waals surface area contributed by atoms with Crippen LogP contribution >= 0.6 is 0 Å². The van der Waals surface area contributed by atoms with Gasteiger partial charge in [-0.15, -0.1) is 0 Å². The predicted octanol–water partition coefficient (Wildman–Crippen LogP) is 2.50. The minimum atomic E-state index is -0.548. The highest BCUT2D eigenvalue weighted by Gasteiger charge is 2.05. The number of nitro benzene ring substituents is 1. The third-order valence-electron chi connectivity index (χ3n) is 2.57. The second-order valence-electron chi connectivity index (χ2n) is 4.06. The number of hydrogen-bond donors (Lipinski definition) is 1. The number of rotatable bonds is 4. The topological polar surface area (TPSA) is 84.6 Å². The van der Waals surface area contributed by atoms with Crippen molar-refractivity contribution in [1.29, 1.82) is 0 Å². The summed E-state index contributed by atoms with van der Waals surface area (Å²) in [5.74, 6) is -1.06. The van der Waals surface area contributed by atoms with Crippen LogP contribution in [0.2, 0.25) is 0 Å². The number of nitrogens with one attached hydrogen (secondary N) is 1. The van der Waals surface area contributed by atoms with E-state index in [0.29, 0.717) is 5.56 Å². The molecule has 7 heteroatoms. The molecule has 0 aliphatic rings. The summed E-state index contributed by atoms with van der Waals surface area (Å²) in [7, 11) is 0. The Hall–Kier alpha value is -3.09. The van der Waals surface area contributed by atoms with Gasteiger partial charge in [0.2, 0.25) is 0 Å². The molecule has 0 saturated heterocycles. The van der Waals surface area contributed by atoms with E-state index >= 15 is 0 Å². The first-order chi connectivity index (χ1) is 10.1. The molecular formula is C14H10FN3O3. The molecule has 2 aromatic carbocycles. The normalized spacial score (nSPS) is 10.5. The predicted molar refractivity (Wildman–Crippen MR) is 74.6 cm³/mol. The van der Waals surface area contributed by atoms with Crippen molar-refractivity contribution in [2.45, 2.75) is 0 Å². The van der Waals surface area contributed by atoms with Gasteiger partial charge in [0.05, 0.1) is 11.1 Å². The van der Waals surface area contributed by atoms with Crippen LogP contribution in [0.3, 0.4) is 0 Å². The van der Waals surface area contributed by atoms with E-state index in [1.807, 2.05) is 0 Å². The van der Waals surface area contributed by atoms with Crippen molar-refractivity contribution < 1.29 is 14.1 Å². The molecule has 1 N–H and O–H groups in total. The summed E-state index contributed by atoms with van der Waals surface area (Å²) in [5, 5.41) is 14.2. The quantitative estimate of drug-likeness (QED) is 0.532. The van der Waals surface area contributed by atoms with E-state index in [9.17, 15) is 19.3 Å². The summed E-state index contributed by atoms with van der Waals surface area (Å²) in [6.45, 7) is 0. The third kappa shape index (κ3) is 3.93. The van der Waals surface area contributed by atoms with Gasteiger partial charge in [-0.3, -0.25) is 14.9 Å². The molecular weight excluding hydrogens is 277 g/mol. The lowest BCUT2D eigenvalue weighted by Crippen LogP contribution is -2.17. The number of amides is 1. The Morgan fingerprint density at radius 1 is 1.24 bits per heavy atom. The van der Waals surface area contributed by atoms with Gasteiger partial charge in [-0.25, -0.2) is 9.82 Å². The summed E-state index contributed by atoms with van der Waals surface area (Å²) < 4.78 is 12.9. The standard InChI is InChI=1S/C14H10FN3O3/c15-12-3-1-2-11(8-12)14(19)17-16-9-10-4-6-13(7-5-10)18(20)21/h1-9H,(H,17,19)/b16-9-. The average Bonchev–Trinajstić information content (AvgIpc) is 2.47. The molecule has 1 amide bonds. The van der Waals surface area contributed by atoms with E-state index in [2.05, 4.69) is 10.5 Å². The molecule has 6 nitrogen and oxygen atoms in total. The highest BCUT2D eigenvalue weighted by Crippen LogP contribution is 2.10. The van der Waals surface area contributed by atoms with Crippen LogP contribution < -0.4 is 5.43 Å². The number of benzene rings is 2. The molecule has 0 atom stereocenters. The summed E-state index contributed by atoms with van der Waals surface area (Å²) in [6, 6.07) is 10.9. The molecule has 0 spiro atoms. The van der Waals surface area contributed by atoms with Gasteiger partial charge in [-0.2, -0.15) is 5.10 Å². The number of hydrazone groups is 1. The molecule has 0 aromatic heterocycles. The third-order valence-corrected chi connectivity index (χ3v) is 2.57. The Balaban J connectivity index is 1.99. The van der Waals surface area contributed by atoms with Gasteiger partial charge < -0.3 is 0 Å². The van der Waals surface area contributed by atoms with Crippen molar-refractivity contribution in [2.24, 2.45) is 5.10 Å². The van der Waals surface area contributed by atoms with Crippen LogP contribution in [0.25, 0.3) is 0 Å². The number of nitro groups is 1. The van der Waals surface area contributed by atoms with Crippen LogP contribution in [0.5, 0.6) is 0 Å². The van der Waals surface area contributed by atoms with Crippen LogP contribution in [-0.2, 0) is 0 Å². The largest absolute Gasteiger partial charge is 0.271 e. The number of nitrogens with zero attached hydrogens (tertiary/aromatic N) is 2. The fraction of sp³-hybridized carbons (Fsp3) is 0. The van der Waals surface area contributed by atoms with Crippen LogP contribution in [0.4, 0.5) is 10.1 Å². The summed E-state index contributed by atoms with van der Waals surface area (Å²) in [5.41, 5.74) is 2.94. The van der Waals surface area contributed by atoms with Gasteiger partial charge in [0, 0.05) is 17.7 Å². The van der Waals surface area contributed by atoms with Crippen LogP contribution in [-0.4, -0.2) is 17.0 Å². The van der Waals surface area contributed by atoms with Gasteiger partial charge in [-0.05, 0) is 35.9 Å². The highest BCUT2D eigenvalue weighted by atomic mass is 19.1. The molecule has 0 radical (unpaired) electrons. The Kier molecular flexibility index (Phi) is 4.35. The molecule has 0 aliphatic heterocycles. The zero-order valence-electron chi connectivity index (χ0n) is 10.7. The number of hydrogen-bond acceptors (Lipinski definition) is 4. The van der Waals surface area contributed by atoms with E-state index < -0.39 is 16.6 Å². The Morgan fingerprint density at radius 2 is 1.95 bits per heavy atom. The van der Waals surface area contributed by atoms with Gasteiger partial charge in [0.15, 0.2) is 0 Å². The van der Waals surface area contributed by atoms with Crippen molar-refractivity contribution >= 4 is 17.8 Å². The number of non-ortho nitro benzene ring substituents is 1. The number of halogens is 1. The number of carbonyl (C=O) groups is 1. The van der Waals surface area contributed by atoms with Gasteiger partial charge in [0.1, 0.15) is 5.82 Å². The van der Waals surface area contributed by atoms with Crippen molar-refractivity contribution in [2.75, 3.05) is 0 Å². The Bertz CT molecular complexity index is 699. The van der Waals surface area contributed by atoms with Gasteiger partial charge >= 0.3 is 0 Å². The highest BCUT2D eigenvalue weighted by molar-refractivity contribution is 5.94. The maximum Gasteiger partial charge on any atom is 0.271 e. The SMILES string of the molecule is O=C(N/N=C\c1ccc([N+](=O)[O-])cc1)c1cccc(F)c1. The van der Waals surface area contributed by atoms with Crippen molar-refractivity contribution in [3.05, 3.63) is 75.6 Å². The second-order valence-corrected chi connectivity index (χ2v) is 4.06. The van der Waals surface area contributed by atoms with Crippen LogP contribution in [0.1, 0.15) is 15.9 Å². The molecule has 0 bridgehead atoms. The summed E-state index contributed by atoms with van der Waals surface area (Å²) >= 11 is 0. The first kappa shape index (κ1) is 14.3. The first-order valence-electron chi connectivity index (χ1n) is 5.90. The molecule has 0 saturated carbocycles. The van der Waals surface area contributed by atoms with Crippen LogP contribution in [0.15, 0.2) is 53.6 Å². The molecule has 2 rings (SSSR count). The Labute approximate surface area is 119 Å². The maximum atomic E-state index is 12.9. The van der Waals surface area contributed by atoms with E-state index in [-0.39, 0.29) is 11.3 Å². The lowest BCUT2D eigenvalue weighted by Gasteiger charge is -1.99. The smallest absolute Gasteiger partial charge is 0.267 e. The molecule has 0 fully saturated rings. The van der Waals surface area contributed by atoms with Crippen molar-refractivity contribution in [1.82, 2.24) is 5.43 Å². The molecule has 21 heavy (non-hydrogen) atoms. The number of carbonyl (C=O) groups excluding carboxylic acids is 1. The fourth-order valence-electron chi connectivity index (χ4n) is 1.54. The van der Waals surface area contributed by atoms with E-state index in [0.717, 1.165) is 6.07 Å². The van der Waals surface area contributed by atoms with Gasteiger partial charge in [0.25, 0.3) is 11.6 Å². The molecule has 0 aliphatic carbocycles. The minimum Gasteiger partial charge on any atom is -0.267 e. The second kappa shape index (κ2) is 6.38. The average molecular weight is 287 g/mol. The zero-order valence-corrected chi connectivity index (χ0v) is 10.7. The van der Waals surface area contributed by atoms with Crippen molar-refractivity contribution in [3.8, 4) is 0 Å². The minimum absolute atomic E-state index is 0.0315. The van der Waals surface area contributed by atoms with Crippen molar-refractivity contribution in [3.63, 3.8) is 0 Å².